The van der Waals surface area contributed by atoms with E-state index in [4.69, 9.17) is 9.47 Å². The molecule has 0 saturated carbocycles. The Hall–Kier alpha value is -0.900. The second-order valence-electron chi connectivity index (χ2n) is 7.34. The Morgan fingerprint density at radius 2 is 1.15 bits per heavy atom. The summed E-state index contributed by atoms with van der Waals surface area (Å²) in [6.45, 7) is 4.55. The summed E-state index contributed by atoms with van der Waals surface area (Å²) in [7, 11) is 0. The van der Waals surface area contributed by atoms with Gasteiger partial charge < -0.3 is 14.3 Å². The van der Waals surface area contributed by atoms with Gasteiger partial charge in [-0.2, -0.15) is 0 Å². The van der Waals surface area contributed by atoms with E-state index >= 15 is 0 Å². The van der Waals surface area contributed by atoms with Crippen LogP contribution in [0.3, 0.4) is 0 Å². The molecule has 154 valence electrons. The van der Waals surface area contributed by atoms with Crippen LogP contribution in [0, 0.1) is 0 Å². The first-order chi connectivity index (χ1) is 12.7. The molecule has 0 aliphatic rings. The molecule has 0 aromatic heterocycles. The van der Waals surface area contributed by atoms with E-state index in [0.717, 1.165) is 12.8 Å². The molecule has 0 aromatic rings. The minimum Gasteiger partial charge on any atom is -0.438 e. The average molecular weight is 371 g/mol. The van der Waals surface area contributed by atoms with Gasteiger partial charge in [-0.3, -0.25) is 4.79 Å². The molecule has 0 rings (SSSR count). The van der Waals surface area contributed by atoms with Crippen LogP contribution in [0.15, 0.2) is 0 Å². The summed E-state index contributed by atoms with van der Waals surface area (Å²) in [6.07, 6.45) is 18.3. The number of carbonyl (C=O) groups is 2. The third kappa shape index (κ3) is 21.1. The minimum atomic E-state index is -0.233. The van der Waals surface area contributed by atoms with E-state index in [2.05, 4.69) is 6.92 Å². The summed E-state index contributed by atoms with van der Waals surface area (Å²) in [6, 6.07) is 0. The van der Waals surface area contributed by atoms with Crippen molar-refractivity contribution in [3.8, 4) is 0 Å². The molecule has 0 aromatic carbocycles. The maximum Gasteiger partial charge on any atom is 0.307 e. The monoisotopic (exact) mass is 370 g/mol. The van der Waals surface area contributed by atoms with Gasteiger partial charge in [0.25, 0.3) is 0 Å². The van der Waals surface area contributed by atoms with Gasteiger partial charge in [-0.05, 0) is 26.2 Å². The summed E-state index contributed by atoms with van der Waals surface area (Å²) in [5.74, 6) is -0.0626. The summed E-state index contributed by atoms with van der Waals surface area (Å²) < 4.78 is 10.4. The lowest BCUT2D eigenvalue weighted by Gasteiger charge is -2.06. The van der Waals surface area contributed by atoms with Crippen LogP contribution >= 0.6 is 0 Å². The van der Waals surface area contributed by atoms with Gasteiger partial charge in [0.1, 0.15) is 5.78 Å². The van der Waals surface area contributed by atoms with E-state index in [1.165, 1.54) is 70.6 Å². The van der Waals surface area contributed by atoms with Crippen molar-refractivity contribution in [3.63, 3.8) is 0 Å². The Balaban J connectivity index is 3.12. The third-order valence-corrected chi connectivity index (χ3v) is 4.61. The largest absolute Gasteiger partial charge is 0.438 e. The van der Waals surface area contributed by atoms with Crippen molar-refractivity contribution in [2.75, 3.05) is 13.4 Å². The number of rotatable bonds is 20. The van der Waals surface area contributed by atoms with E-state index < -0.39 is 0 Å². The fourth-order valence-electron chi connectivity index (χ4n) is 2.93. The lowest BCUT2D eigenvalue weighted by Crippen LogP contribution is -2.09. The van der Waals surface area contributed by atoms with Gasteiger partial charge in [-0.1, -0.05) is 77.6 Å². The number of hydrogen-bond donors (Lipinski definition) is 0. The lowest BCUT2D eigenvalue weighted by atomic mass is 10.1. The molecule has 0 aliphatic carbocycles. The Labute approximate surface area is 161 Å². The van der Waals surface area contributed by atoms with E-state index in [0.29, 0.717) is 25.9 Å². The number of carbonyl (C=O) groups excluding carboxylic acids is 2. The molecule has 0 aliphatic heterocycles. The number of unbranched alkanes of at least 4 members (excludes halogenated alkanes) is 12. The van der Waals surface area contributed by atoms with Crippen LogP contribution in [0.25, 0.3) is 0 Å². The third-order valence-electron chi connectivity index (χ3n) is 4.61. The van der Waals surface area contributed by atoms with E-state index in [9.17, 15) is 9.59 Å². The molecule has 0 bridgehead atoms. The summed E-state index contributed by atoms with van der Waals surface area (Å²) in [4.78, 5) is 22.2. The molecule has 0 saturated heterocycles. The second-order valence-corrected chi connectivity index (χ2v) is 7.34. The number of hydrogen-bond acceptors (Lipinski definition) is 4. The first-order valence-corrected chi connectivity index (χ1v) is 10.9. The van der Waals surface area contributed by atoms with E-state index in [1.807, 2.05) is 0 Å². The fraction of sp³-hybridized carbons (Fsp3) is 0.909. The molecule has 0 heterocycles. The Morgan fingerprint density at radius 3 is 1.69 bits per heavy atom. The maximum atomic E-state index is 11.4. The average Bonchev–Trinajstić information content (AvgIpc) is 2.62. The Bertz CT molecular complexity index is 328. The maximum absolute atomic E-state index is 11.4. The number of ketones is 1. The minimum absolute atomic E-state index is 0.0591. The summed E-state index contributed by atoms with van der Waals surface area (Å²) >= 11 is 0. The normalized spacial score (nSPS) is 10.8. The van der Waals surface area contributed by atoms with Crippen molar-refractivity contribution in [3.05, 3.63) is 0 Å². The van der Waals surface area contributed by atoms with Crippen molar-refractivity contribution in [2.24, 2.45) is 0 Å². The van der Waals surface area contributed by atoms with Gasteiger partial charge in [0.2, 0.25) is 0 Å². The molecule has 0 unspecified atom stereocenters. The highest BCUT2D eigenvalue weighted by atomic mass is 16.7. The van der Waals surface area contributed by atoms with E-state index in [-0.39, 0.29) is 18.5 Å². The summed E-state index contributed by atoms with van der Waals surface area (Å²) in [5.41, 5.74) is 0. The summed E-state index contributed by atoms with van der Waals surface area (Å²) in [5, 5.41) is 0. The topological polar surface area (TPSA) is 52.6 Å². The molecule has 0 N–H and O–H groups in total. The van der Waals surface area contributed by atoms with Crippen LogP contribution in [-0.2, 0) is 19.1 Å². The number of esters is 1. The van der Waals surface area contributed by atoms with Crippen molar-refractivity contribution in [1.29, 1.82) is 0 Å². The quantitative estimate of drug-likeness (QED) is 0.142. The Morgan fingerprint density at radius 1 is 0.654 bits per heavy atom. The van der Waals surface area contributed by atoms with E-state index in [1.54, 1.807) is 6.92 Å². The molecule has 0 spiro atoms. The highest BCUT2D eigenvalue weighted by Crippen LogP contribution is 2.12. The van der Waals surface area contributed by atoms with Gasteiger partial charge in [-0.15, -0.1) is 0 Å². The van der Waals surface area contributed by atoms with Crippen LogP contribution in [-0.4, -0.2) is 25.2 Å². The molecule has 4 heteroatoms. The molecule has 0 atom stereocenters. The number of Topliss-reactive ketones (excluding diaryl/α,β-unsaturated/α-hetero) is 1. The SMILES string of the molecule is CCCCCCCCCCCCCCOCOC(=O)CCCCC(C)=O. The zero-order valence-electron chi connectivity index (χ0n) is 17.4. The first kappa shape index (κ1) is 25.1. The van der Waals surface area contributed by atoms with Crippen LogP contribution in [0.4, 0.5) is 0 Å². The molecule has 26 heavy (non-hydrogen) atoms. The molecule has 0 amide bonds. The van der Waals surface area contributed by atoms with Gasteiger partial charge >= 0.3 is 5.97 Å². The smallest absolute Gasteiger partial charge is 0.307 e. The highest BCUT2D eigenvalue weighted by molar-refractivity contribution is 5.75. The predicted molar refractivity (Wildman–Crippen MR) is 107 cm³/mol. The van der Waals surface area contributed by atoms with Gasteiger partial charge in [0.05, 0.1) is 6.61 Å². The van der Waals surface area contributed by atoms with Crippen LogP contribution in [0.1, 0.15) is 117 Å². The molecule has 0 radical (unpaired) electrons. The van der Waals surface area contributed by atoms with Crippen molar-refractivity contribution in [2.45, 2.75) is 117 Å². The van der Waals surface area contributed by atoms with Crippen molar-refractivity contribution < 1.29 is 19.1 Å². The van der Waals surface area contributed by atoms with Crippen LogP contribution < -0.4 is 0 Å². The molecular formula is C22H42O4. The van der Waals surface area contributed by atoms with Gasteiger partial charge in [0.15, 0.2) is 6.79 Å². The highest BCUT2D eigenvalue weighted by Gasteiger charge is 2.03. The van der Waals surface area contributed by atoms with Crippen molar-refractivity contribution in [1.82, 2.24) is 0 Å². The second kappa shape index (κ2) is 20.4. The van der Waals surface area contributed by atoms with Crippen molar-refractivity contribution >= 4 is 11.8 Å². The van der Waals surface area contributed by atoms with Gasteiger partial charge in [-0.25, -0.2) is 0 Å². The van der Waals surface area contributed by atoms with Crippen LogP contribution in [0.2, 0.25) is 0 Å². The standard InChI is InChI=1S/C22H42O4/c1-3-4-5-6-7-8-9-10-11-12-13-16-19-25-20-26-22(24)18-15-14-17-21(2)23/h3-20H2,1-2H3. The number of ether oxygens (including phenoxy) is 2. The van der Waals surface area contributed by atoms with Gasteiger partial charge in [0, 0.05) is 12.8 Å². The Kier molecular flexibility index (Phi) is 19.7. The fourth-order valence-corrected chi connectivity index (χ4v) is 2.93. The van der Waals surface area contributed by atoms with Crippen LogP contribution in [0.5, 0.6) is 0 Å². The zero-order valence-corrected chi connectivity index (χ0v) is 17.4. The lowest BCUT2D eigenvalue weighted by molar-refractivity contribution is -0.156. The first-order valence-electron chi connectivity index (χ1n) is 10.9. The molecule has 0 fully saturated rings. The predicted octanol–water partition coefficient (Wildman–Crippen LogP) is 6.35. The molecular weight excluding hydrogens is 328 g/mol. The zero-order chi connectivity index (χ0) is 19.3. The molecule has 4 nitrogen and oxygen atoms in total.